The zero-order valence-electron chi connectivity index (χ0n) is 8.67. The summed E-state index contributed by atoms with van der Waals surface area (Å²) in [4.78, 5) is 0. The smallest absolute Gasteiger partial charge is 0.743 e. The van der Waals surface area contributed by atoms with Crippen molar-refractivity contribution in [3.05, 3.63) is 0 Å². The van der Waals surface area contributed by atoms with E-state index >= 15 is 0 Å². The van der Waals surface area contributed by atoms with Gasteiger partial charge in [-0.15, -0.1) is 0 Å². The van der Waals surface area contributed by atoms with E-state index in [0.29, 0.717) is 12.8 Å². The predicted molar refractivity (Wildman–Crippen MR) is 43.7 cm³/mol. The molecule has 0 heterocycles. The van der Waals surface area contributed by atoms with Gasteiger partial charge in [-0.2, -0.15) is 8.78 Å². The van der Waals surface area contributed by atoms with Crippen LogP contribution in [0.1, 0.15) is 32.6 Å². The topological polar surface area (TPSA) is 57.2 Å². The largest absolute Gasteiger partial charge is 1.00 e. The monoisotopic (exact) mass is 240 g/mol. The second-order valence-corrected chi connectivity index (χ2v) is 4.43. The fourth-order valence-corrected chi connectivity index (χ4v) is 1.33. The van der Waals surface area contributed by atoms with Crippen molar-refractivity contribution in [1.82, 2.24) is 0 Å². The number of hydrogen-bond donors (Lipinski definition) is 0. The van der Waals surface area contributed by atoms with Crippen molar-refractivity contribution < 1.29 is 45.0 Å². The number of alkyl halides is 3. The second-order valence-electron chi connectivity index (χ2n) is 2.98. The van der Waals surface area contributed by atoms with E-state index in [-0.39, 0.29) is 25.3 Å². The Hall–Kier alpha value is 0.297. The van der Waals surface area contributed by atoms with Crippen molar-refractivity contribution in [1.29, 1.82) is 0 Å². The van der Waals surface area contributed by atoms with Crippen LogP contribution in [0.5, 0.6) is 0 Å². The first kappa shape index (κ1) is 17.7. The number of hydrogen-bond acceptors (Lipinski definition) is 3. The van der Waals surface area contributed by atoms with Gasteiger partial charge in [0.15, 0.2) is 16.3 Å². The van der Waals surface area contributed by atoms with Gasteiger partial charge in [0.05, 0.1) is 0 Å². The van der Waals surface area contributed by atoms with Gasteiger partial charge >= 0.3 is 24.1 Å². The molecule has 0 rings (SSSR count). The molecule has 0 radical (unpaired) electrons. The van der Waals surface area contributed by atoms with E-state index in [1.165, 1.54) is 0 Å². The molecular weight excluding hydrogens is 228 g/mol. The molecule has 0 aliphatic carbocycles. The summed E-state index contributed by atoms with van der Waals surface area (Å²) in [6.07, 6.45) is -2.15. The molecule has 0 aliphatic heterocycles. The van der Waals surface area contributed by atoms with Gasteiger partial charge in [0.1, 0.15) is 0 Å². The minimum absolute atomic E-state index is 0. The minimum Gasteiger partial charge on any atom is -0.743 e. The number of halogens is 3. The first-order valence-corrected chi connectivity index (χ1v) is 5.61. The van der Waals surface area contributed by atoms with Crippen LogP contribution in [0.4, 0.5) is 13.2 Å². The number of unbranched alkanes of at least 4 members (excludes halogenated alkanes) is 2. The standard InChI is InChI=1S/C7H13F3O3S.Li/c1-2-3-4-5-6(8)7(9,10)14(11,12)13;/h6H,2-5H2,1H3,(H,11,12,13);/q;+1/p-1. The molecule has 1 unspecified atom stereocenters. The van der Waals surface area contributed by atoms with Crippen molar-refractivity contribution >= 4 is 10.1 Å². The zero-order valence-corrected chi connectivity index (χ0v) is 9.49. The molecule has 0 spiro atoms. The average molecular weight is 240 g/mol. The molecule has 0 amide bonds. The van der Waals surface area contributed by atoms with Crippen LogP contribution in [0.2, 0.25) is 0 Å². The molecule has 0 aliphatic rings. The molecule has 0 bridgehead atoms. The van der Waals surface area contributed by atoms with Crippen molar-refractivity contribution in [3.63, 3.8) is 0 Å². The van der Waals surface area contributed by atoms with Crippen LogP contribution in [0.25, 0.3) is 0 Å². The van der Waals surface area contributed by atoms with Crippen LogP contribution in [0.3, 0.4) is 0 Å². The van der Waals surface area contributed by atoms with E-state index in [1.807, 2.05) is 0 Å². The summed E-state index contributed by atoms with van der Waals surface area (Å²) in [5.41, 5.74) is 0. The zero-order chi connectivity index (χ0) is 11.4. The fraction of sp³-hybridized carbons (Fsp3) is 1.00. The molecule has 0 N–H and O–H groups in total. The van der Waals surface area contributed by atoms with Crippen molar-refractivity contribution in [3.8, 4) is 0 Å². The minimum atomic E-state index is -5.90. The van der Waals surface area contributed by atoms with E-state index < -0.39 is 28.0 Å². The van der Waals surface area contributed by atoms with Crippen LogP contribution in [0.15, 0.2) is 0 Å². The van der Waals surface area contributed by atoms with Crippen LogP contribution in [0, 0.1) is 0 Å². The van der Waals surface area contributed by atoms with Crippen molar-refractivity contribution in [2.75, 3.05) is 0 Å². The Labute approximate surface area is 99.4 Å². The van der Waals surface area contributed by atoms with Gasteiger partial charge in [0.2, 0.25) is 0 Å². The Bertz CT molecular complexity index is 269. The quantitative estimate of drug-likeness (QED) is 0.341. The Morgan fingerprint density at radius 1 is 1.33 bits per heavy atom. The Morgan fingerprint density at radius 2 is 1.80 bits per heavy atom. The van der Waals surface area contributed by atoms with E-state index in [4.69, 9.17) is 0 Å². The molecule has 0 aromatic carbocycles. The van der Waals surface area contributed by atoms with E-state index in [9.17, 15) is 26.1 Å². The van der Waals surface area contributed by atoms with Gasteiger partial charge < -0.3 is 4.55 Å². The maximum Gasteiger partial charge on any atom is 1.00 e. The average Bonchev–Trinajstić information content (AvgIpc) is 2.02. The third-order valence-electron chi connectivity index (χ3n) is 1.76. The molecular formula is C7H12F3LiO3S. The normalized spacial score (nSPS) is 14.5. The first-order chi connectivity index (χ1) is 6.23. The van der Waals surface area contributed by atoms with E-state index in [0.717, 1.165) is 0 Å². The molecule has 0 aromatic rings. The Morgan fingerprint density at radius 3 is 2.13 bits per heavy atom. The maximum atomic E-state index is 12.7. The molecule has 0 saturated carbocycles. The summed E-state index contributed by atoms with van der Waals surface area (Å²) in [6.45, 7) is 1.79. The Balaban J connectivity index is 0. The van der Waals surface area contributed by atoms with Crippen LogP contribution in [-0.2, 0) is 10.1 Å². The third-order valence-corrected chi connectivity index (χ3v) is 2.68. The third kappa shape index (κ3) is 5.25. The van der Waals surface area contributed by atoms with Gasteiger partial charge in [-0.05, 0) is 6.42 Å². The number of rotatable bonds is 6. The molecule has 0 aromatic heterocycles. The molecule has 0 fully saturated rings. The summed E-state index contributed by atoms with van der Waals surface area (Å²) >= 11 is 0. The second kappa shape index (κ2) is 6.79. The van der Waals surface area contributed by atoms with E-state index in [1.54, 1.807) is 6.92 Å². The van der Waals surface area contributed by atoms with Gasteiger partial charge in [0, 0.05) is 0 Å². The van der Waals surface area contributed by atoms with Gasteiger partial charge in [0.25, 0.3) is 0 Å². The predicted octanol–water partition coefficient (Wildman–Crippen LogP) is -0.953. The molecule has 15 heavy (non-hydrogen) atoms. The van der Waals surface area contributed by atoms with Crippen LogP contribution in [-0.4, -0.2) is 24.4 Å². The molecule has 3 nitrogen and oxygen atoms in total. The maximum absolute atomic E-state index is 12.7. The van der Waals surface area contributed by atoms with Crippen LogP contribution >= 0.6 is 0 Å². The molecule has 8 heteroatoms. The molecule has 0 saturated heterocycles. The fourth-order valence-electron chi connectivity index (χ4n) is 0.898. The first-order valence-electron chi connectivity index (χ1n) is 4.20. The molecule has 86 valence electrons. The van der Waals surface area contributed by atoms with Crippen molar-refractivity contribution in [2.45, 2.75) is 44.0 Å². The SMILES string of the molecule is CCCCCC(F)C(F)(F)S(=O)(=O)[O-].[Li+]. The molecule has 1 atom stereocenters. The summed E-state index contributed by atoms with van der Waals surface area (Å²) < 4.78 is 67.6. The Kier molecular flexibility index (Phi) is 8.00. The van der Waals surface area contributed by atoms with Crippen molar-refractivity contribution in [2.24, 2.45) is 0 Å². The summed E-state index contributed by atoms with van der Waals surface area (Å²) in [5, 5.41) is -4.80. The summed E-state index contributed by atoms with van der Waals surface area (Å²) in [5.74, 6) is 0. The summed E-state index contributed by atoms with van der Waals surface area (Å²) in [6, 6.07) is 0. The van der Waals surface area contributed by atoms with Crippen LogP contribution < -0.4 is 18.9 Å². The van der Waals surface area contributed by atoms with Gasteiger partial charge in [-0.3, -0.25) is 0 Å². The van der Waals surface area contributed by atoms with E-state index in [2.05, 4.69) is 0 Å². The van der Waals surface area contributed by atoms with Gasteiger partial charge in [-0.1, -0.05) is 26.2 Å². The van der Waals surface area contributed by atoms with Gasteiger partial charge in [-0.25, -0.2) is 12.8 Å². The summed E-state index contributed by atoms with van der Waals surface area (Å²) in [7, 11) is -5.90.